The molecule has 0 spiro atoms. The fourth-order valence-corrected chi connectivity index (χ4v) is 1.54. The van der Waals surface area contributed by atoms with Crippen LogP contribution in [0.15, 0.2) is 0 Å². The summed E-state index contributed by atoms with van der Waals surface area (Å²) in [6.07, 6.45) is 3.61. The second-order valence-corrected chi connectivity index (χ2v) is 3.16. The Kier molecular flexibility index (Phi) is 2.88. The smallest absolute Gasteiger partial charge is 0.217 e. The van der Waals surface area contributed by atoms with Crippen LogP contribution >= 0.6 is 0 Å². The van der Waals surface area contributed by atoms with E-state index < -0.39 is 0 Å². The van der Waals surface area contributed by atoms with Crippen LogP contribution in [-0.2, 0) is 4.79 Å². The minimum Gasteiger partial charge on any atom is -0.391 e. The zero-order valence-electron chi connectivity index (χ0n) is 6.84. The van der Waals surface area contributed by atoms with Crippen molar-refractivity contribution in [3.8, 4) is 0 Å². The highest BCUT2D eigenvalue weighted by molar-refractivity contribution is 5.73. The van der Waals surface area contributed by atoms with Crippen molar-refractivity contribution >= 4 is 5.91 Å². The molecule has 11 heavy (non-hydrogen) atoms. The van der Waals surface area contributed by atoms with Gasteiger partial charge in [-0.15, -0.1) is 0 Å². The Morgan fingerprint density at radius 3 is 2.64 bits per heavy atom. The van der Waals surface area contributed by atoms with Crippen molar-refractivity contribution in [2.75, 3.05) is 0 Å². The van der Waals surface area contributed by atoms with Crippen molar-refractivity contribution in [1.82, 2.24) is 5.32 Å². The van der Waals surface area contributed by atoms with Crippen LogP contribution in [-0.4, -0.2) is 23.2 Å². The molecule has 3 heteroatoms. The predicted molar refractivity (Wildman–Crippen MR) is 42.1 cm³/mol. The average Bonchev–Trinajstić information content (AvgIpc) is 1.93. The fourth-order valence-electron chi connectivity index (χ4n) is 1.54. The maximum Gasteiger partial charge on any atom is 0.217 e. The zero-order valence-corrected chi connectivity index (χ0v) is 6.84. The lowest BCUT2D eigenvalue weighted by molar-refractivity contribution is -0.120. The summed E-state index contributed by atoms with van der Waals surface area (Å²) in [5.74, 6) is -0.0454. The van der Waals surface area contributed by atoms with Crippen molar-refractivity contribution in [2.45, 2.75) is 44.8 Å². The second kappa shape index (κ2) is 3.72. The topological polar surface area (TPSA) is 49.3 Å². The van der Waals surface area contributed by atoms with E-state index in [-0.39, 0.29) is 18.1 Å². The van der Waals surface area contributed by atoms with Crippen LogP contribution < -0.4 is 5.32 Å². The molecule has 0 aromatic rings. The third kappa shape index (κ3) is 2.50. The van der Waals surface area contributed by atoms with E-state index in [9.17, 15) is 9.90 Å². The summed E-state index contributed by atoms with van der Waals surface area (Å²) in [5, 5.41) is 12.1. The molecular formula is C8H15NO2. The van der Waals surface area contributed by atoms with Crippen molar-refractivity contribution in [3.63, 3.8) is 0 Å². The van der Waals surface area contributed by atoms with E-state index >= 15 is 0 Å². The van der Waals surface area contributed by atoms with Gasteiger partial charge < -0.3 is 10.4 Å². The molecule has 1 saturated carbocycles. The Hall–Kier alpha value is -0.570. The van der Waals surface area contributed by atoms with E-state index in [1.54, 1.807) is 0 Å². The Labute approximate surface area is 66.8 Å². The quantitative estimate of drug-likeness (QED) is 0.579. The molecule has 1 fully saturated rings. The number of rotatable bonds is 1. The van der Waals surface area contributed by atoms with Crippen LogP contribution in [0.25, 0.3) is 0 Å². The molecule has 0 heterocycles. The number of aliphatic hydroxyl groups is 1. The van der Waals surface area contributed by atoms with Crippen molar-refractivity contribution in [3.05, 3.63) is 0 Å². The highest BCUT2D eigenvalue weighted by Crippen LogP contribution is 2.17. The molecular weight excluding hydrogens is 142 g/mol. The van der Waals surface area contributed by atoms with E-state index in [2.05, 4.69) is 5.32 Å². The third-order valence-electron chi connectivity index (χ3n) is 2.12. The van der Waals surface area contributed by atoms with Gasteiger partial charge in [0.15, 0.2) is 0 Å². The number of amides is 1. The Bertz CT molecular complexity index is 147. The molecule has 3 nitrogen and oxygen atoms in total. The fraction of sp³-hybridized carbons (Fsp3) is 0.875. The maximum atomic E-state index is 10.6. The molecule has 1 aliphatic carbocycles. The SMILES string of the molecule is CC(=O)N[C@H]1CCCC[C@H]1O. The summed E-state index contributed by atoms with van der Waals surface area (Å²) in [7, 11) is 0. The average molecular weight is 157 g/mol. The molecule has 0 unspecified atom stereocenters. The van der Waals surface area contributed by atoms with Gasteiger partial charge in [0.2, 0.25) is 5.91 Å². The first kappa shape index (κ1) is 8.53. The molecule has 0 saturated heterocycles. The Morgan fingerprint density at radius 2 is 2.09 bits per heavy atom. The maximum absolute atomic E-state index is 10.6. The van der Waals surface area contributed by atoms with Gasteiger partial charge in [0.1, 0.15) is 0 Å². The number of nitrogens with one attached hydrogen (secondary N) is 1. The van der Waals surface area contributed by atoms with Gasteiger partial charge in [-0.1, -0.05) is 12.8 Å². The molecule has 1 aliphatic rings. The highest BCUT2D eigenvalue weighted by Gasteiger charge is 2.22. The van der Waals surface area contributed by atoms with Crippen LogP contribution in [0.1, 0.15) is 32.6 Å². The molecule has 2 atom stereocenters. The van der Waals surface area contributed by atoms with Gasteiger partial charge in [0.25, 0.3) is 0 Å². The molecule has 1 amide bonds. The van der Waals surface area contributed by atoms with Gasteiger partial charge in [-0.3, -0.25) is 4.79 Å². The standard InChI is InChI=1S/C8H15NO2/c1-6(10)9-7-4-2-3-5-8(7)11/h7-8,11H,2-5H2,1H3,(H,9,10)/t7-,8+/m0/s1. The molecule has 0 radical (unpaired) electrons. The molecule has 0 aromatic heterocycles. The lowest BCUT2D eigenvalue weighted by Crippen LogP contribution is -2.44. The monoisotopic (exact) mass is 157 g/mol. The van der Waals surface area contributed by atoms with Gasteiger partial charge in [-0.2, -0.15) is 0 Å². The summed E-state index contributed by atoms with van der Waals surface area (Å²) in [6.45, 7) is 1.49. The lowest BCUT2D eigenvalue weighted by atomic mass is 9.93. The third-order valence-corrected chi connectivity index (χ3v) is 2.12. The molecule has 1 rings (SSSR count). The predicted octanol–water partition coefficient (Wildman–Crippen LogP) is 0.426. The molecule has 0 aliphatic heterocycles. The molecule has 2 N–H and O–H groups in total. The van der Waals surface area contributed by atoms with E-state index in [0.29, 0.717) is 0 Å². The summed E-state index contributed by atoms with van der Waals surface area (Å²) in [6, 6.07) is 0.00116. The summed E-state index contributed by atoms with van der Waals surface area (Å²) in [5.41, 5.74) is 0. The van der Waals surface area contributed by atoms with E-state index in [1.165, 1.54) is 6.92 Å². The normalized spacial score (nSPS) is 31.5. The van der Waals surface area contributed by atoms with Gasteiger partial charge in [-0.25, -0.2) is 0 Å². The lowest BCUT2D eigenvalue weighted by Gasteiger charge is -2.27. The second-order valence-electron chi connectivity index (χ2n) is 3.16. The summed E-state index contributed by atoms with van der Waals surface area (Å²) >= 11 is 0. The van der Waals surface area contributed by atoms with E-state index in [1.807, 2.05) is 0 Å². The number of carbonyl (C=O) groups is 1. The van der Waals surface area contributed by atoms with Gasteiger partial charge in [0.05, 0.1) is 12.1 Å². The van der Waals surface area contributed by atoms with Crippen LogP contribution in [0.2, 0.25) is 0 Å². The van der Waals surface area contributed by atoms with Crippen molar-refractivity contribution in [1.29, 1.82) is 0 Å². The minimum atomic E-state index is -0.326. The van der Waals surface area contributed by atoms with Crippen LogP contribution in [0.5, 0.6) is 0 Å². The number of carbonyl (C=O) groups excluding carboxylic acids is 1. The van der Waals surface area contributed by atoms with Gasteiger partial charge in [0, 0.05) is 6.92 Å². The van der Waals surface area contributed by atoms with Gasteiger partial charge >= 0.3 is 0 Å². The van der Waals surface area contributed by atoms with Crippen molar-refractivity contribution < 1.29 is 9.90 Å². The largest absolute Gasteiger partial charge is 0.391 e. The first-order valence-corrected chi connectivity index (χ1v) is 4.15. The van der Waals surface area contributed by atoms with E-state index in [4.69, 9.17) is 0 Å². The molecule has 0 aromatic carbocycles. The first-order chi connectivity index (χ1) is 5.20. The van der Waals surface area contributed by atoms with E-state index in [0.717, 1.165) is 25.7 Å². The highest BCUT2D eigenvalue weighted by atomic mass is 16.3. The van der Waals surface area contributed by atoms with Crippen LogP contribution in [0.3, 0.4) is 0 Å². The zero-order chi connectivity index (χ0) is 8.27. The minimum absolute atomic E-state index is 0.00116. The van der Waals surface area contributed by atoms with Crippen molar-refractivity contribution in [2.24, 2.45) is 0 Å². The summed E-state index contributed by atoms with van der Waals surface area (Å²) in [4.78, 5) is 10.6. The Balaban J connectivity index is 2.35. The number of aliphatic hydroxyl groups excluding tert-OH is 1. The van der Waals surface area contributed by atoms with Crippen LogP contribution in [0, 0.1) is 0 Å². The first-order valence-electron chi connectivity index (χ1n) is 4.15. The number of hydrogen-bond acceptors (Lipinski definition) is 2. The van der Waals surface area contributed by atoms with Crippen LogP contribution in [0.4, 0.5) is 0 Å². The molecule has 64 valence electrons. The Morgan fingerprint density at radius 1 is 1.45 bits per heavy atom. The summed E-state index contributed by atoms with van der Waals surface area (Å²) < 4.78 is 0. The van der Waals surface area contributed by atoms with Gasteiger partial charge in [-0.05, 0) is 12.8 Å². The number of hydrogen-bond donors (Lipinski definition) is 2. The molecule has 0 bridgehead atoms.